The van der Waals surface area contributed by atoms with Gasteiger partial charge in [0, 0.05) is 47.2 Å². The second-order valence-corrected chi connectivity index (χ2v) is 5.04. The van der Waals surface area contributed by atoms with E-state index >= 15 is 0 Å². The summed E-state index contributed by atoms with van der Waals surface area (Å²) in [4.78, 5) is 40.7. The topological polar surface area (TPSA) is 129 Å². The maximum atomic E-state index is 12.0. The van der Waals surface area contributed by atoms with Gasteiger partial charge in [-0.1, -0.05) is 0 Å². The second kappa shape index (κ2) is 8.06. The average Bonchev–Trinajstić information content (AvgIpc) is 2.98. The number of hydrogen-bond acceptors (Lipinski definition) is 5. The molecule has 10 heteroatoms. The Hall–Kier alpha value is -2.49. The summed E-state index contributed by atoms with van der Waals surface area (Å²) < 4.78 is 1.14. The second-order valence-electron chi connectivity index (χ2n) is 5.04. The van der Waals surface area contributed by atoms with Gasteiger partial charge in [0.15, 0.2) is 5.65 Å². The zero-order chi connectivity index (χ0) is 17.1. The Balaban J connectivity index is 0.00000225. The number of anilines is 1. The van der Waals surface area contributed by atoms with Gasteiger partial charge in [-0.3, -0.25) is 9.78 Å². The van der Waals surface area contributed by atoms with E-state index in [9.17, 15) is 14.4 Å². The number of aromatic amines is 1. The summed E-state index contributed by atoms with van der Waals surface area (Å²) in [5.41, 5.74) is 1.37. The minimum Gasteiger partial charge on any atom is -0.478 e. The van der Waals surface area contributed by atoms with E-state index in [1.165, 1.54) is 36.8 Å². The number of carbonyl (C=O) groups is 2. The van der Waals surface area contributed by atoms with Crippen LogP contribution in [0.15, 0.2) is 41.6 Å². The Kier molecular flexibility index (Phi) is 6.07. The summed E-state index contributed by atoms with van der Waals surface area (Å²) in [6, 6.07) is 5.88. The molecule has 1 aromatic carbocycles. The number of nitrogens with zero attached hydrogens (tertiary/aromatic N) is 3. The first-order chi connectivity index (χ1) is 11.5. The quantitative estimate of drug-likeness (QED) is 0.568. The maximum absolute atomic E-state index is 12.0. The number of carbonyl (C=O) groups excluding carboxylic acids is 1. The van der Waals surface area contributed by atoms with Crippen LogP contribution in [0.1, 0.15) is 22.3 Å². The molecule has 1 amide bonds. The minimum atomic E-state index is -1.02. The third kappa shape index (κ3) is 4.32. The summed E-state index contributed by atoms with van der Waals surface area (Å²) in [7, 11) is 0. The molecule has 0 bridgehead atoms. The Morgan fingerprint density at radius 3 is 2.64 bits per heavy atom. The van der Waals surface area contributed by atoms with E-state index < -0.39 is 11.7 Å². The molecule has 0 aliphatic carbocycles. The molecule has 1 radical (unpaired) electrons. The van der Waals surface area contributed by atoms with E-state index in [1.807, 2.05) is 0 Å². The van der Waals surface area contributed by atoms with Gasteiger partial charge in [0.2, 0.25) is 5.91 Å². The molecule has 0 fully saturated rings. The molecule has 0 aliphatic heterocycles. The van der Waals surface area contributed by atoms with Gasteiger partial charge in [0.1, 0.15) is 0 Å². The normalized spacial score (nSPS) is 10.2. The third-order valence-corrected chi connectivity index (χ3v) is 3.42. The molecule has 0 spiro atoms. The summed E-state index contributed by atoms with van der Waals surface area (Å²) in [5.74, 6) is -1.26. The fourth-order valence-electron chi connectivity index (χ4n) is 2.22. The molecule has 2 heterocycles. The van der Waals surface area contributed by atoms with E-state index in [0.717, 1.165) is 4.52 Å². The summed E-state index contributed by atoms with van der Waals surface area (Å²) in [6.07, 6.45) is 3.34. The molecule has 3 rings (SSSR count). The monoisotopic (exact) mass is 350 g/mol. The zero-order valence-corrected chi connectivity index (χ0v) is 15.4. The van der Waals surface area contributed by atoms with Crippen LogP contribution in [0.4, 0.5) is 5.69 Å². The molecule has 2 aromatic heterocycles. The van der Waals surface area contributed by atoms with Gasteiger partial charge in [-0.25, -0.2) is 14.6 Å². The van der Waals surface area contributed by atoms with Crippen LogP contribution in [0.2, 0.25) is 0 Å². The molecule has 0 saturated heterocycles. The number of aryl methyl sites for hydroxylation is 1. The molecule has 3 N–H and O–H groups in total. The number of H-pyrrole nitrogens is 1. The fraction of sp³-hybridized carbons (Fsp3) is 0.133. The van der Waals surface area contributed by atoms with E-state index in [2.05, 4.69) is 20.4 Å². The molecule has 0 unspecified atom stereocenters. The average molecular weight is 350 g/mol. The third-order valence-electron chi connectivity index (χ3n) is 3.42. The van der Waals surface area contributed by atoms with Crippen LogP contribution in [0.3, 0.4) is 0 Å². The van der Waals surface area contributed by atoms with Gasteiger partial charge < -0.3 is 10.4 Å². The van der Waals surface area contributed by atoms with Crippen molar-refractivity contribution in [3.63, 3.8) is 0 Å². The van der Waals surface area contributed by atoms with Crippen LogP contribution in [0, 0.1) is 0 Å². The molecule has 0 atom stereocenters. The van der Waals surface area contributed by atoms with Crippen molar-refractivity contribution in [1.29, 1.82) is 0 Å². The Morgan fingerprint density at radius 2 is 1.96 bits per heavy atom. The number of aromatic carboxylic acids is 1. The first-order valence-corrected chi connectivity index (χ1v) is 7.08. The predicted molar refractivity (Wildman–Crippen MR) is 89.7 cm³/mol. The van der Waals surface area contributed by atoms with Crippen LogP contribution in [-0.4, -0.2) is 66.1 Å². The van der Waals surface area contributed by atoms with Gasteiger partial charge in [0.05, 0.1) is 18.1 Å². The maximum Gasteiger partial charge on any atom is 0.349 e. The number of fused-ring (bicyclic) bond motifs is 1. The molecular weight excluding hydrogens is 337 g/mol. The number of amides is 1. The van der Waals surface area contributed by atoms with Crippen molar-refractivity contribution in [2.45, 2.75) is 12.8 Å². The summed E-state index contributed by atoms with van der Waals surface area (Å²) in [5, 5.41) is 15.4. The molecule has 25 heavy (non-hydrogen) atoms. The van der Waals surface area contributed by atoms with Crippen LogP contribution in [-0.2, 0) is 11.2 Å². The van der Waals surface area contributed by atoms with E-state index in [1.54, 1.807) is 0 Å². The van der Waals surface area contributed by atoms with Crippen molar-refractivity contribution >= 4 is 52.8 Å². The van der Waals surface area contributed by atoms with Crippen molar-refractivity contribution in [2.24, 2.45) is 0 Å². The van der Waals surface area contributed by atoms with Crippen molar-refractivity contribution in [2.75, 3.05) is 5.32 Å². The summed E-state index contributed by atoms with van der Waals surface area (Å²) >= 11 is 0. The van der Waals surface area contributed by atoms with Gasteiger partial charge in [0.25, 0.3) is 0 Å². The molecule has 0 saturated carbocycles. The van der Waals surface area contributed by atoms with Gasteiger partial charge in [-0.05, 0) is 30.7 Å². The zero-order valence-electron chi connectivity index (χ0n) is 13.4. The van der Waals surface area contributed by atoms with Crippen LogP contribution < -0.4 is 11.0 Å². The van der Waals surface area contributed by atoms with Crippen molar-refractivity contribution < 1.29 is 14.7 Å². The van der Waals surface area contributed by atoms with Crippen molar-refractivity contribution in [3.8, 4) is 0 Å². The van der Waals surface area contributed by atoms with Gasteiger partial charge in [-0.15, -0.1) is 0 Å². The number of benzene rings is 1. The predicted octanol–water partition coefficient (Wildman–Crippen LogP) is 0.306. The van der Waals surface area contributed by atoms with E-state index in [4.69, 9.17) is 5.11 Å². The number of hydrogen-bond donors (Lipinski definition) is 3. The van der Waals surface area contributed by atoms with Crippen LogP contribution >= 0.6 is 0 Å². The molecule has 9 nitrogen and oxygen atoms in total. The van der Waals surface area contributed by atoms with Crippen molar-refractivity contribution in [1.82, 2.24) is 19.6 Å². The molecular formula is C15H13N5NaO4. The number of nitrogens with one attached hydrogen (secondary N) is 2. The fourth-order valence-corrected chi connectivity index (χ4v) is 2.22. The standard InChI is InChI=1S/C15H13N5O4.Na/c21-12(19-11-4-1-9(2-5-11)14(22)23)6-3-10-7-18-20-13(10)16-8-17-15(20)24;/h1-2,4-5,7-8H,3,6H2,(H,19,21)(H,22,23)(H,16,17,24);. The van der Waals surface area contributed by atoms with Crippen LogP contribution in [0.5, 0.6) is 0 Å². The smallest absolute Gasteiger partial charge is 0.349 e. The number of aromatic nitrogens is 4. The Labute approximate surface area is 163 Å². The number of carboxylic acids is 1. The van der Waals surface area contributed by atoms with Gasteiger partial charge >= 0.3 is 11.7 Å². The first-order valence-electron chi connectivity index (χ1n) is 7.08. The Morgan fingerprint density at radius 1 is 1.24 bits per heavy atom. The minimum absolute atomic E-state index is 0. The summed E-state index contributed by atoms with van der Waals surface area (Å²) in [6.45, 7) is 0. The molecule has 0 aliphatic rings. The van der Waals surface area contributed by atoms with Crippen molar-refractivity contribution in [3.05, 3.63) is 58.4 Å². The first kappa shape index (κ1) is 18.8. The molecule has 123 valence electrons. The largest absolute Gasteiger partial charge is 0.478 e. The van der Waals surface area contributed by atoms with Crippen LogP contribution in [0.25, 0.3) is 5.65 Å². The Bertz CT molecular complexity index is 964. The molecule has 3 aromatic rings. The number of carboxylic acid groups (broad SMARTS) is 1. The van der Waals surface area contributed by atoms with E-state index in [-0.39, 0.29) is 47.4 Å². The number of rotatable bonds is 5. The SMILES string of the molecule is O=C(CCc1cnn2c(=O)[nH]cnc12)Nc1ccc(C(=O)O)cc1.[Na]. The van der Waals surface area contributed by atoms with E-state index in [0.29, 0.717) is 23.3 Å². The van der Waals surface area contributed by atoms with Gasteiger partial charge in [-0.2, -0.15) is 9.61 Å².